The standard InChI is InChI=1S/C10H17N3O3S/c1-13-4-3-8(7-13)17(14,15)12-9-5-11-6-10(9)16-2/h3-4,7,9-12H,5-6H2,1-2H3/t9?,10-/m1/s1. The van der Waals surface area contributed by atoms with E-state index in [0.29, 0.717) is 13.1 Å². The van der Waals surface area contributed by atoms with Crippen molar-refractivity contribution in [2.45, 2.75) is 17.0 Å². The monoisotopic (exact) mass is 259 g/mol. The van der Waals surface area contributed by atoms with Crippen LogP contribution in [0.2, 0.25) is 0 Å². The maximum absolute atomic E-state index is 12.1. The Kier molecular flexibility index (Phi) is 3.53. The topological polar surface area (TPSA) is 72.4 Å². The summed E-state index contributed by atoms with van der Waals surface area (Å²) in [6, 6.07) is 1.36. The van der Waals surface area contributed by atoms with E-state index < -0.39 is 10.0 Å². The molecular weight excluding hydrogens is 242 g/mol. The molecule has 96 valence electrons. The normalized spacial score (nSPS) is 25.3. The molecular formula is C10H17N3O3S. The molecule has 1 aromatic rings. The number of hydrogen-bond acceptors (Lipinski definition) is 4. The smallest absolute Gasteiger partial charge is 0.242 e. The Balaban J connectivity index is 2.12. The predicted molar refractivity (Wildman–Crippen MR) is 63.2 cm³/mol. The number of ether oxygens (including phenoxy) is 1. The van der Waals surface area contributed by atoms with Gasteiger partial charge in [0.2, 0.25) is 10.0 Å². The van der Waals surface area contributed by atoms with Gasteiger partial charge in [-0.05, 0) is 6.07 Å². The second-order valence-corrected chi connectivity index (χ2v) is 5.89. The van der Waals surface area contributed by atoms with Crippen LogP contribution in [0.1, 0.15) is 0 Å². The number of aromatic nitrogens is 1. The number of nitrogens with one attached hydrogen (secondary N) is 2. The van der Waals surface area contributed by atoms with E-state index in [-0.39, 0.29) is 17.0 Å². The first-order valence-corrected chi connectivity index (χ1v) is 6.89. The maximum atomic E-state index is 12.1. The summed E-state index contributed by atoms with van der Waals surface area (Å²) in [4.78, 5) is 0.279. The largest absolute Gasteiger partial charge is 0.378 e. The first-order valence-electron chi connectivity index (χ1n) is 5.41. The van der Waals surface area contributed by atoms with Crippen LogP contribution < -0.4 is 10.0 Å². The van der Waals surface area contributed by atoms with E-state index in [9.17, 15) is 8.42 Å². The molecule has 1 aromatic heterocycles. The van der Waals surface area contributed by atoms with E-state index in [2.05, 4.69) is 10.0 Å². The van der Waals surface area contributed by atoms with Crippen LogP contribution >= 0.6 is 0 Å². The summed E-state index contributed by atoms with van der Waals surface area (Å²) in [7, 11) is -0.0861. The minimum absolute atomic E-state index is 0.117. The molecule has 2 heterocycles. The first-order chi connectivity index (χ1) is 8.03. The number of hydrogen-bond donors (Lipinski definition) is 2. The summed E-state index contributed by atoms with van der Waals surface area (Å²) in [5, 5.41) is 3.10. The first kappa shape index (κ1) is 12.6. The fraction of sp³-hybridized carbons (Fsp3) is 0.600. The molecule has 2 rings (SSSR count). The minimum atomic E-state index is -3.46. The van der Waals surface area contributed by atoms with E-state index in [4.69, 9.17) is 4.74 Å². The Bertz CT molecular complexity index is 483. The zero-order valence-electron chi connectivity index (χ0n) is 9.88. The third-order valence-corrected chi connectivity index (χ3v) is 4.36. The summed E-state index contributed by atoms with van der Waals surface area (Å²) >= 11 is 0. The number of sulfonamides is 1. The van der Waals surface area contributed by atoms with E-state index in [1.165, 1.54) is 0 Å². The molecule has 7 heteroatoms. The molecule has 0 amide bonds. The van der Waals surface area contributed by atoms with Crippen molar-refractivity contribution in [3.05, 3.63) is 18.5 Å². The lowest BCUT2D eigenvalue weighted by Gasteiger charge is -2.18. The lowest BCUT2D eigenvalue weighted by atomic mass is 10.2. The zero-order chi connectivity index (χ0) is 12.5. The van der Waals surface area contributed by atoms with Gasteiger partial charge in [-0.15, -0.1) is 0 Å². The Morgan fingerprint density at radius 2 is 2.29 bits per heavy atom. The molecule has 0 aromatic carbocycles. The van der Waals surface area contributed by atoms with Gasteiger partial charge < -0.3 is 14.6 Å². The van der Waals surface area contributed by atoms with Gasteiger partial charge >= 0.3 is 0 Å². The van der Waals surface area contributed by atoms with Crippen LogP contribution in [0.4, 0.5) is 0 Å². The van der Waals surface area contributed by atoms with E-state index in [0.717, 1.165) is 0 Å². The van der Waals surface area contributed by atoms with Crippen molar-refractivity contribution in [1.29, 1.82) is 0 Å². The van der Waals surface area contributed by atoms with Crippen LogP contribution in [0, 0.1) is 0 Å². The molecule has 2 atom stereocenters. The molecule has 1 aliphatic rings. The number of methoxy groups -OCH3 is 1. The summed E-state index contributed by atoms with van der Waals surface area (Å²) < 4.78 is 33.7. The Hall–Kier alpha value is -0.890. The van der Waals surface area contributed by atoms with Gasteiger partial charge in [0, 0.05) is 39.6 Å². The van der Waals surface area contributed by atoms with E-state index in [1.807, 2.05) is 0 Å². The fourth-order valence-corrected chi connectivity index (χ4v) is 3.24. The zero-order valence-corrected chi connectivity index (χ0v) is 10.7. The van der Waals surface area contributed by atoms with Gasteiger partial charge in [0.05, 0.1) is 17.0 Å². The van der Waals surface area contributed by atoms with Crippen LogP contribution in [-0.2, 0) is 21.8 Å². The maximum Gasteiger partial charge on any atom is 0.242 e. The Morgan fingerprint density at radius 1 is 1.53 bits per heavy atom. The van der Waals surface area contributed by atoms with Crippen LogP contribution in [0.3, 0.4) is 0 Å². The molecule has 2 N–H and O–H groups in total. The second kappa shape index (κ2) is 4.77. The van der Waals surface area contributed by atoms with Crippen molar-refractivity contribution in [2.24, 2.45) is 7.05 Å². The highest BCUT2D eigenvalue weighted by Crippen LogP contribution is 2.12. The summed E-state index contributed by atoms with van der Waals surface area (Å²) in [5.41, 5.74) is 0. The van der Waals surface area contributed by atoms with Gasteiger partial charge in [0.1, 0.15) is 0 Å². The van der Waals surface area contributed by atoms with Gasteiger partial charge in [-0.2, -0.15) is 0 Å². The van der Waals surface area contributed by atoms with Crippen molar-refractivity contribution in [3.8, 4) is 0 Å². The second-order valence-electron chi connectivity index (χ2n) is 4.17. The lowest BCUT2D eigenvalue weighted by Crippen LogP contribution is -2.43. The molecule has 0 bridgehead atoms. The van der Waals surface area contributed by atoms with Crippen molar-refractivity contribution in [1.82, 2.24) is 14.6 Å². The van der Waals surface area contributed by atoms with E-state index >= 15 is 0 Å². The number of aryl methyl sites for hydroxylation is 1. The molecule has 0 aliphatic carbocycles. The highest BCUT2D eigenvalue weighted by molar-refractivity contribution is 7.89. The van der Waals surface area contributed by atoms with Gasteiger partial charge in [0.15, 0.2) is 0 Å². The molecule has 0 spiro atoms. The van der Waals surface area contributed by atoms with Crippen molar-refractivity contribution < 1.29 is 13.2 Å². The molecule has 17 heavy (non-hydrogen) atoms. The quantitative estimate of drug-likeness (QED) is 0.749. The molecule has 1 fully saturated rings. The predicted octanol–water partition coefficient (Wildman–Crippen LogP) is -0.710. The van der Waals surface area contributed by atoms with E-state index in [1.54, 1.807) is 37.2 Å². The fourth-order valence-electron chi connectivity index (χ4n) is 1.92. The summed E-state index contributed by atoms with van der Waals surface area (Å²) in [6.07, 6.45) is 3.16. The van der Waals surface area contributed by atoms with Gasteiger partial charge in [-0.3, -0.25) is 0 Å². The molecule has 0 radical (unpaired) electrons. The third-order valence-electron chi connectivity index (χ3n) is 2.88. The number of rotatable bonds is 4. The lowest BCUT2D eigenvalue weighted by molar-refractivity contribution is 0.103. The summed E-state index contributed by atoms with van der Waals surface area (Å²) in [6.45, 7) is 1.25. The highest BCUT2D eigenvalue weighted by Gasteiger charge is 2.31. The molecule has 1 saturated heterocycles. The van der Waals surface area contributed by atoms with Gasteiger partial charge in [-0.1, -0.05) is 0 Å². The number of nitrogens with zero attached hydrogens (tertiary/aromatic N) is 1. The van der Waals surface area contributed by atoms with Gasteiger partial charge in [0.25, 0.3) is 0 Å². The van der Waals surface area contributed by atoms with Gasteiger partial charge in [-0.25, -0.2) is 13.1 Å². The highest BCUT2D eigenvalue weighted by atomic mass is 32.2. The Morgan fingerprint density at radius 3 is 2.88 bits per heavy atom. The SMILES string of the molecule is CO[C@@H]1CNCC1NS(=O)(=O)c1ccn(C)c1. The van der Waals surface area contributed by atoms with Crippen LogP contribution in [0.5, 0.6) is 0 Å². The van der Waals surface area contributed by atoms with Crippen molar-refractivity contribution in [2.75, 3.05) is 20.2 Å². The molecule has 6 nitrogen and oxygen atoms in total. The molecule has 0 saturated carbocycles. The molecule has 1 aliphatic heterocycles. The summed E-state index contributed by atoms with van der Waals surface area (Å²) in [5.74, 6) is 0. The van der Waals surface area contributed by atoms with Crippen molar-refractivity contribution >= 4 is 10.0 Å². The minimum Gasteiger partial charge on any atom is -0.378 e. The average Bonchev–Trinajstić information content (AvgIpc) is 2.86. The van der Waals surface area contributed by atoms with Crippen LogP contribution in [0.25, 0.3) is 0 Å². The molecule has 1 unspecified atom stereocenters. The average molecular weight is 259 g/mol. The van der Waals surface area contributed by atoms with Crippen LogP contribution in [-0.4, -0.2) is 45.3 Å². The Labute approximate surface area is 101 Å². The third kappa shape index (κ3) is 2.68. The van der Waals surface area contributed by atoms with Crippen molar-refractivity contribution in [3.63, 3.8) is 0 Å². The van der Waals surface area contributed by atoms with Crippen LogP contribution in [0.15, 0.2) is 23.4 Å².